The molecule has 0 aliphatic carbocycles. The molecule has 7 heteroatoms. The smallest absolute Gasteiger partial charge is 0.326 e. The molecule has 148 valence electrons. The summed E-state index contributed by atoms with van der Waals surface area (Å²) in [5.74, 6) is 0.361. The van der Waals surface area contributed by atoms with Crippen molar-refractivity contribution in [3.05, 3.63) is 46.3 Å². The van der Waals surface area contributed by atoms with Crippen LogP contribution in [0.15, 0.2) is 40.8 Å². The maximum absolute atomic E-state index is 13.0. The number of thiophene rings is 1. The van der Waals surface area contributed by atoms with Crippen LogP contribution in [-0.2, 0) is 16.1 Å². The van der Waals surface area contributed by atoms with E-state index in [1.807, 2.05) is 43.5 Å². The van der Waals surface area contributed by atoms with Crippen molar-refractivity contribution in [3.63, 3.8) is 0 Å². The molecule has 0 spiro atoms. The lowest BCUT2D eigenvalue weighted by molar-refractivity contribution is -0.149. The third-order valence-electron chi connectivity index (χ3n) is 4.41. The molecule has 0 N–H and O–H groups in total. The van der Waals surface area contributed by atoms with E-state index in [2.05, 4.69) is 11.9 Å². The fourth-order valence-electron chi connectivity index (χ4n) is 2.73. The summed E-state index contributed by atoms with van der Waals surface area (Å²) in [6.07, 6.45) is 2.90. The molecule has 2 heterocycles. The van der Waals surface area contributed by atoms with Crippen LogP contribution < -0.4 is 10.3 Å². The highest BCUT2D eigenvalue weighted by atomic mass is 32.1. The Morgan fingerprint density at radius 1 is 1.25 bits per heavy atom. The highest BCUT2D eigenvalue weighted by Crippen LogP contribution is 2.31. The van der Waals surface area contributed by atoms with Gasteiger partial charge >= 0.3 is 5.97 Å². The lowest BCUT2D eigenvalue weighted by atomic mass is 10.1. The number of ether oxygens (including phenoxy) is 2. The molecule has 0 radical (unpaired) electrons. The Balaban J connectivity index is 1.90. The fraction of sp³-hybridized carbons (Fsp3) is 0.381. The molecule has 0 unspecified atom stereocenters. The minimum Gasteiger partial charge on any atom is -0.494 e. The number of hydrogen-bond acceptors (Lipinski definition) is 6. The monoisotopic (exact) mass is 400 g/mol. The minimum atomic E-state index is -0.438. The lowest BCUT2D eigenvalue weighted by Gasteiger charge is -2.11. The third kappa shape index (κ3) is 4.42. The van der Waals surface area contributed by atoms with Crippen LogP contribution in [0, 0.1) is 0 Å². The highest BCUT2D eigenvalue weighted by molar-refractivity contribution is 7.17. The predicted molar refractivity (Wildman–Crippen MR) is 111 cm³/mol. The van der Waals surface area contributed by atoms with Gasteiger partial charge in [-0.2, -0.15) is 0 Å². The fourth-order valence-corrected chi connectivity index (χ4v) is 3.63. The summed E-state index contributed by atoms with van der Waals surface area (Å²) in [6.45, 7) is 6.34. The van der Waals surface area contributed by atoms with Gasteiger partial charge in [0.15, 0.2) is 0 Å². The molecule has 0 fully saturated rings. The zero-order chi connectivity index (χ0) is 20.1. The Morgan fingerprint density at radius 2 is 2.00 bits per heavy atom. The first kappa shape index (κ1) is 20.1. The van der Waals surface area contributed by atoms with Crippen LogP contribution in [0.4, 0.5) is 0 Å². The number of rotatable bonds is 8. The summed E-state index contributed by atoms with van der Waals surface area (Å²) in [6, 6.07) is 7.65. The van der Waals surface area contributed by atoms with Crippen molar-refractivity contribution in [2.75, 3.05) is 6.61 Å². The number of carbonyl (C=O) groups excluding carboxylic acids is 1. The molecular weight excluding hydrogens is 376 g/mol. The Hall–Kier alpha value is -2.67. The molecule has 2 aromatic heterocycles. The van der Waals surface area contributed by atoms with Gasteiger partial charge in [0.1, 0.15) is 17.1 Å². The van der Waals surface area contributed by atoms with Crippen molar-refractivity contribution >= 4 is 27.5 Å². The van der Waals surface area contributed by atoms with Crippen LogP contribution in [-0.4, -0.2) is 28.2 Å². The Labute approximate surface area is 167 Å². The van der Waals surface area contributed by atoms with E-state index in [4.69, 9.17) is 9.47 Å². The Bertz CT molecular complexity index is 1010. The number of esters is 1. The van der Waals surface area contributed by atoms with Crippen LogP contribution >= 0.6 is 11.3 Å². The van der Waals surface area contributed by atoms with Crippen LogP contribution in [0.25, 0.3) is 21.3 Å². The maximum atomic E-state index is 13.0. The molecule has 1 atom stereocenters. The van der Waals surface area contributed by atoms with Crippen LogP contribution in [0.2, 0.25) is 0 Å². The van der Waals surface area contributed by atoms with Gasteiger partial charge in [-0.3, -0.25) is 14.2 Å². The van der Waals surface area contributed by atoms with Gasteiger partial charge in [0.05, 0.1) is 24.4 Å². The minimum absolute atomic E-state index is 0.148. The van der Waals surface area contributed by atoms with Crippen LogP contribution in [0.3, 0.4) is 0 Å². The number of hydrogen-bond donors (Lipinski definition) is 0. The largest absolute Gasteiger partial charge is 0.494 e. The summed E-state index contributed by atoms with van der Waals surface area (Å²) in [5.41, 5.74) is 1.48. The second kappa shape index (κ2) is 9.01. The lowest BCUT2D eigenvalue weighted by Crippen LogP contribution is -2.27. The standard InChI is InChI=1S/C21H24N2O4S/c1-4-10-26-16-8-6-15(7-9-16)17-12-28-20-19(17)21(25)23(13-22-20)11-18(24)27-14(3)5-2/h6-9,12-14H,4-5,10-11H2,1-3H3/t14-/m1/s1. The Morgan fingerprint density at radius 3 is 2.68 bits per heavy atom. The number of nitrogens with zero attached hydrogens (tertiary/aromatic N) is 2. The van der Waals surface area contributed by atoms with E-state index in [0.29, 0.717) is 16.8 Å². The molecule has 0 saturated heterocycles. The first-order valence-corrected chi connectivity index (χ1v) is 10.3. The quantitative estimate of drug-likeness (QED) is 0.529. The molecule has 0 aliphatic rings. The van der Waals surface area contributed by atoms with Crippen molar-refractivity contribution in [1.82, 2.24) is 9.55 Å². The zero-order valence-corrected chi connectivity index (χ0v) is 17.1. The number of benzene rings is 1. The van der Waals surface area contributed by atoms with Crippen molar-refractivity contribution in [2.45, 2.75) is 46.3 Å². The van der Waals surface area contributed by atoms with Gasteiger partial charge < -0.3 is 9.47 Å². The normalized spacial score (nSPS) is 12.1. The second-order valence-corrected chi connectivity index (χ2v) is 7.45. The summed E-state index contributed by atoms with van der Waals surface area (Å²) < 4.78 is 12.2. The van der Waals surface area contributed by atoms with Crippen molar-refractivity contribution in [1.29, 1.82) is 0 Å². The zero-order valence-electron chi connectivity index (χ0n) is 16.3. The molecule has 6 nitrogen and oxygen atoms in total. The molecule has 0 aliphatic heterocycles. The number of carbonyl (C=O) groups is 1. The van der Waals surface area contributed by atoms with E-state index in [-0.39, 0.29) is 18.2 Å². The molecule has 0 amide bonds. The van der Waals surface area contributed by atoms with Crippen LogP contribution in [0.5, 0.6) is 5.75 Å². The van der Waals surface area contributed by atoms with Gasteiger partial charge in [-0.05, 0) is 37.5 Å². The van der Waals surface area contributed by atoms with E-state index in [0.717, 1.165) is 29.7 Å². The summed E-state index contributed by atoms with van der Waals surface area (Å²) in [7, 11) is 0. The van der Waals surface area contributed by atoms with Crippen LogP contribution in [0.1, 0.15) is 33.6 Å². The van der Waals surface area contributed by atoms with Gasteiger partial charge in [0.25, 0.3) is 5.56 Å². The Kier molecular flexibility index (Phi) is 6.46. The molecule has 3 aromatic rings. The average Bonchev–Trinajstić information content (AvgIpc) is 3.13. The van der Waals surface area contributed by atoms with E-state index in [9.17, 15) is 9.59 Å². The molecule has 3 rings (SSSR count). The summed E-state index contributed by atoms with van der Waals surface area (Å²) >= 11 is 1.41. The maximum Gasteiger partial charge on any atom is 0.326 e. The third-order valence-corrected chi connectivity index (χ3v) is 5.29. The van der Waals surface area contributed by atoms with Gasteiger partial charge in [-0.15, -0.1) is 11.3 Å². The number of aromatic nitrogens is 2. The van der Waals surface area contributed by atoms with Gasteiger partial charge in [-0.1, -0.05) is 26.0 Å². The summed E-state index contributed by atoms with van der Waals surface area (Å²) in [5, 5.41) is 2.44. The first-order chi connectivity index (χ1) is 13.5. The van der Waals surface area contributed by atoms with Crippen molar-refractivity contribution in [3.8, 4) is 16.9 Å². The molecule has 1 aromatic carbocycles. The van der Waals surface area contributed by atoms with E-state index < -0.39 is 5.97 Å². The summed E-state index contributed by atoms with van der Waals surface area (Å²) in [4.78, 5) is 30.0. The van der Waals surface area contributed by atoms with E-state index in [1.54, 1.807) is 0 Å². The van der Waals surface area contributed by atoms with Gasteiger partial charge in [0.2, 0.25) is 0 Å². The highest BCUT2D eigenvalue weighted by Gasteiger charge is 2.16. The number of fused-ring (bicyclic) bond motifs is 1. The molecule has 0 saturated carbocycles. The van der Waals surface area contributed by atoms with E-state index >= 15 is 0 Å². The van der Waals surface area contributed by atoms with Gasteiger partial charge in [0, 0.05) is 10.9 Å². The molecule has 0 bridgehead atoms. The SMILES string of the molecule is CCCOc1ccc(-c2csc3ncn(CC(=O)O[C@H](C)CC)c(=O)c23)cc1. The second-order valence-electron chi connectivity index (χ2n) is 6.59. The predicted octanol–water partition coefficient (Wildman–Crippen LogP) is 4.26. The van der Waals surface area contributed by atoms with Crippen molar-refractivity contribution < 1.29 is 14.3 Å². The van der Waals surface area contributed by atoms with Gasteiger partial charge in [-0.25, -0.2) is 4.98 Å². The molecule has 28 heavy (non-hydrogen) atoms. The molecular formula is C21H24N2O4S. The first-order valence-electron chi connectivity index (χ1n) is 9.42. The topological polar surface area (TPSA) is 70.4 Å². The van der Waals surface area contributed by atoms with E-state index in [1.165, 1.54) is 22.2 Å². The average molecular weight is 401 g/mol. The van der Waals surface area contributed by atoms with Crippen molar-refractivity contribution in [2.24, 2.45) is 0 Å².